The van der Waals surface area contributed by atoms with Crippen LogP contribution in [0.4, 0.5) is 8.78 Å². The molecule has 0 atom stereocenters. The van der Waals surface area contributed by atoms with Crippen LogP contribution in [0.3, 0.4) is 0 Å². The second kappa shape index (κ2) is 3.79. The lowest BCUT2D eigenvalue weighted by atomic mass is 10.4. The van der Waals surface area contributed by atoms with Gasteiger partial charge in [0.25, 0.3) is 5.88 Å². The van der Waals surface area contributed by atoms with E-state index in [1.165, 1.54) is 0 Å². The van der Waals surface area contributed by atoms with Gasteiger partial charge in [-0.1, -0.05) is 0 Å². The van der Waals surface area contributed by atoms with E-state index in [9.17, 15) is 13.6 Å². The molecule has 0 aromatic carbocycles. The third kappa shape index (κ3) is 2.66. The highest BCUT2D eigenvalue weighted by Gasteiger charge is 2.07. The lowest BCUT2D eigenvalue weighted by molar-refractivity contribution is -0.139. The minimum absolute atomic E-state index is 0.524. The Morgan fingerprint density at radius 2 is 2.31 bits per heavy atom. The Morgan fingerprint density at radius 1 is 1.62 bits per heavy atom. The molecule has 1 aromatic rings. The number of halogens is 2. The fourth-order valence-corrected chi connectivity index (χ4v) is 0.638. The zero-order chi connectivity index (χ0) is 9.84. The summed E-state index contributed by atoms with van der Waals surface area (Å²) in [6.07, 6.45) is 0.736. The average Bonchev–Trinajstić information content (AvgIpc) is 2.02. The summed E-state index contributed by atoms with van der Waals surface area (Å²) in [5.74, 6) is -3.66. The summed E-state index contributed by atoms with van der Waals surface area (Å²) >= 11 is 0. The highest BCUT2D eigenvalue weighted by atomic mass is 19.1. The summed E-state index contributed by atoms with van der Waals surface area (Å²) in [5, 5.41) is 8.17. The van der Waals surface area contributed by atoms with E-state index in [1.54, 1.807) is 0 Å². The molecule has 70 valence electrons. The van der Waals surface area contributed by atoms with Gasteiger partial charge in [-0.3, -0.25) is 0 Å². The van der Waals surface area contributed by atoms with Crippen molar-refractivity contribution in [1.82, 2.24) is 4.98 Å². The van der Waals surface area contributed by atoms with Crippen molar-refractivity contribution in [2.75, 3.05) is 6.61 Å². The first-order chi connectivity index (χ1) is 6.09. The summed E-state index contributed by atoms with van der Waals surface area (Å²) in [4.78, 5) is 13.2. The summed E-state index contributed by atoms with van der Waals surface area (Å²) < 4.78 is 29.4. The van der Waals surface area contributed by atoms with Crippen molar-refractivity contribution >= 4 is 5.97 Å². The number of ether oxygens (including phenoxy) is 1. The van der Waals surface area contributed by atoms with Crippen LogP contribution in [0.2, 0.25) is 0 Å². The maximum atomic E-state index is 12.7. The van der Waals surface area contributed by atoms with E-state index < -0.39 is 30.1 Å². The molecule has 0 saturated heterocycles. The monoisotopic (exact) mass is 189 g/mol. The van der Waals surface area contributed by atoms with Crippen LogP contribution < -0.4 is 4.74 Å². The van der Waals surface area contributed by atoms with Crippen molar-refractivity contribution in [3.63, 3.8) is 0 Å². The Labute approximate surface area is 71.8 Å². The van der Waals surface area contributed by atoms with Crippen LogP contribution >= 0.6 is 0 Å². The van der Waals surface area contributed by atoms with Crippen LogP contribution in [0.25, 0.3) is 0 Å². The summed E-state index contributed by atoms with van der Waals surface area (Å²) in [7, 11) is 0. The van der Waals surface area contributed by atoms with Gasteiger partial charge >= 0.3 is 5.97 Å². The maximum Gasteiger partial charge on any atom is 0.341 e. The molecule has 0 amide bonds. The largest absolute Gasteiger partial charge is 0.479 e. The SMILES string of the molecule is O=C(O)COc1ncc(F)cc1F. The number of hydrogen-bond donors (Lipinski definition) is 1. The number of nitrogens with zero attached hydrogens (tertiary/aromatic N) is 1. The Balaban J connectivity index is 2.72. The number of hydrogen-bond acceptors (Lipinski definition) is 3. The molecule has 0 aliphatic heterocycles. The standard InChI is InChI=1S/C7H5F2NO3/c8-4-1-5(9)7(10-2-4)13-3-6(11)12/h1-2H,3H2,(H,11,12). The molecule has 0 radical (unpaired) electrons. The predicted molar refractivity (Wildman–Crippen MR) is 37.3 cm³/mol. The van der Waals surface area contributed by atoms with Gasteiger partial charge in [-0.2, -0.15) is 0 Å². The van der Waals surface area contributed by atoms with Crippen molar-refractivity contribution in [2.24, 2.45) is 0 Å². The predicted octanol–water partition coefficient (Wildman–Crippen LogP) is 0.823. The van der Waals surface area contributed by atoms with Gasteiger partial charge in [0, 0.05) is 6.07 Å². The molecule has 1 heterocycles. The van der Waals surface area contributed by atoms with Crippen molar-refractivity contribution < 1.29 is 23.4 Å². The lowest BCUT2D eigenvalue weighted by Crippen LogP contribution is -2.11. The van der Waals surface area contributed by atoms with Crippen molar-refractivity contribution in [3.05, 3.63) is 23.9 Å². The molecule has 1 aromatic heterocycles. The van der Waals surface area contributed by atoms with Gasteiger partial charge in [-0.05, 0) is 0 Å². The number of carboxylic acids is 1. The second-order valence-electron chi connectivity index (χ2n) is 2.12. The number of carbonyl (C=O) groups is 1. The summed E-state index contributed by atoms with van der Waals surface area (Å²) in [6.45, 7) is -0.713. The molecule has 1 N–H and O–H groups in total. The van der Waals surface area contributed by atoms with Crippen LogP contribution in [0, 0.1) is 11.6 Å². The average molecular weight is 189 g/mol. The van der Waals surface area contributed by atoms with Crippen molar-refractivity contribution in [1.29, 1.82) is 0 Å². The molecule has 4 nitrogen and oxygen atoms in total. The highest BCUT2D eigenvalue weighted by Crippen LogP contribution is 2.13. The quantitative estimate of drug-likeness (QED) is 0.764. The van der Waals surface area contributed by atoms with E-state index >= 15 is 0 Å². The lowest BCUT2D eigenvalue weighted by Gasteiger charge is -2.01. The van der Waals surface area contributed by atoms with Gasteiger partial charge < -0.3 is 9.84 Å². The zero-order valence-corrected chi connectivity index (χ0v) is 6.33. The molecular weight excluding hydrogens is 184 g/mol. The van der Waals surface area contributed by atoms with E-state index in [1.807, 2.05) is 0 Å². The molecule has 0 unspecified atom stereocenters. The molecule has 0 fully saturated rings. The Morgan fingerprint density at radius 3 is 2.85 bits per heavy atom. The third-order valence-electron chi connectivity index (χ3n) is 1.11. The minimum atomic E-state index is -1.26. The van der Waals surface area contributed by atoms with Gasteiger partial charge in [0.1, 0.15) is 5.82 Å². The first kappa shape index (κ1) is 9.37. The fourth-order valence-electron chi connectivity index (χ4n) is 0.638. The van der Waals surface area contributed by atoms with E-state index in [-0.39, 0.29) is 0 Å². The first-order valence-corrected chi connectivity index (χ1v) is 3.25. The molecule has 0 aliphatic rings. The number of aliphatic carboxylic acids is 1. The Kier molecular flexibility index (Phi) is 2.73. The third-order valence-corrected chi connectivity index (χ3v) is 1.11. The number of pyridine rings is 1. The van der Waals surface area contributed by atoms with Gasteiger partial charge in [0.2, 0.25) is 0 Å². The van der Waals surface area contributed by atoms with Crippen LogP contribution in [0.15, 0.2) is 12.3 Å². The molecule has 0 saturated carbocycles. The number of carboxylic acid groups (broad SMARTS) is 1. The van der Waals surface area contributed by atoms with Gasteiger partial charge in [0.15, 0.2) is 12.4 Å². The van der Waals surface area contributed by atoms with Crippen molar-refractivity contribution in [3.8, 4) is 5.88 Å². The molecule has 1 rings (SSSR count). The number of aromatic nitrogens is 1. The highest BCUT2D eigenvalue weighted by molar-refractivity contribution is 5.68. The van der Waals surface area contributed by atoms with Gasteiger partial charge in [-0.15, -0.1) is 0 Å². The molecule has 0 bridgehead atoms. The van der Waals surface area contributed by atoms with Crippen LogP contribution in [0.5, 0.6) is 5.88 Å². The fraction of sp³-hybridized carbons (Fsp3) is 0.143. The first-order valence-electron chi connectivity index (χ1n) is 3.25. The maximum absolute atomic E-state index is 12.7. The molecule has 0 spiro atoms. The minimum Gasteiger partial charge on any atom is -0.479 e. The van der Waals surface area contributed by atoms with Gasteiger partial charge in [0.05, 0.1) is 6.20 Å². The summed E-state index contributed by atoms with van der Waals surface area (Å²) in [5.41, 5.74) is 0. The van der Waals surface area contributed by atoms with E-state index in [2.05, 4.69) is 9.72 Å². The normalized spacial score (nSPS) is 9.69. The number of rotatable bonds is 3. The Hall–Kier alpha value is -1.72. The summed E-state index contributed by atoms with van der Waals surface area (Å²) in [6, 6.07) is 0.560. The smallest absolute Gasteiger partial charge is 0.341 e. The molecule has 0 aliphatic carbocycles. The molecular formula is C7H5F2NO3. The topological polar surface area (TPSA) is 59.4 Å². The van der Waals surface area contributed by atoms with Gasteiger partial charge in [-0.25, -0.2) is 18.6 Å². The van der Waals surface area contributed by atoms with Crippen LogP contribution in [0.1, 0.15) is 0 Å². The van der Waals surface area contributed by atoms with E-state index in [0.29, 0.717) is 6.07 Å². The zero-order valence-electron chi connectivity index (χ0n) is 6.33. The molecule has 6 heteroatoms. The second-order valence-corrected chi connectivity index (χ2v) is 2.12. The van der Waals surface area contributed by atoms with Crippen LogP contribution in [-0.2, 0) is 4.79 Å². The van der Waals surface area contributed by atoms with E-state index in [0.717, 1.165) is 6.20 Å². The van der Waals surface area contributed by atoms with Crippen molar-refractivity contribution in [2.45, 2.75) is 0 Å². The molecule has 13 heavy (non-hydrogen) atoms. The van der Waals surface area contributed by atoms with E-state index in [4.69, 9.17) is 5.11 Å². The van der Waals surface area contributed by atoms with Crippen LogP contribution in [-0.4, -0.2) is 22.7 Å². The Bertz CT molecular complexity index is 330.